The third kappa shape index (κ3) is 3.90. The molecule has 1 atom stereocenters. The molecular formula is C12H20N2O2S2. The Hall–Kier alpha value is -0.720. The van der Waals surface area contributed by atoms with Gasteiger partial charge < -0.3 is 5.32 Å². The highest BCUT2D eigenvalue weighted by Gasteiger charge is 2.16. The standard InChI is InChI=1S/C12H20N2O2S2/c1-10(17-4)9-13-11-5-7-12(8-6-11)18(15,16)14(2)3/h5-8,10,13H,9H2,1-4H3. The fraction of sp³-hybridized carbons (Fsp3) is 0.500. The van der Waals surface area contributed by atoms with E-state index in [1.807, 2.05) is 0 Å². The van der Waals surface area contributed by atoms with E-state index in [0.29, 0.717) is 10.1 Å². The Labute approximate surface area is 114 Å². The molecule has 0 aromatic heterocycles. The molecule has 1 aromatic rings. The Morgan fingerprint density at radius 2 is 1.83 bits per heavy atom. The van der Waals surface area contributed by atoms with Crippen molar-refractivity contribution in [3.8, 4) is 0 Å². The molecule has 0 saturated carbocycles. The van der Waals surface area contributed by atoms with Crippen molar-refractivity contribution in [1.82, 2.24) is 4.31 Å². The molecule has 6 heteroatoms. The van der Waals surface area contributed by atoms with Crippen LogP contribution in [0.1, 0.15) is 6.92 Å². The lowest BCUT2D eigenvalue weighted by Crippen LogP contribution is -2.22. The van der Waals surface area contributed by atoms with E-state index in [0.717, 1.165) is 12.2 Å². The molecule has 0 aliphatic rings. The molecule has 1 N–H and O–H groups in total. The van der Waals surface area contributed by atoms with Crippen LogP contribution >= 0.6 is 11.8 Å². The van der Waals surface area contributed by atoms with Gasteiger partial charge in [0, 0.05) is 31.6 Å². The summed E-state index contributed by atoms with van der Waals surface area (Å²) in [5.41, 5.74) is 0.939. The number of thioether (sulfide) groups is 1. The SMILES string of the molecule is CSC(C)CNc1ccc(S(=O)(=O)N(C)C)cc1. The van der Waals surface area contributed by atoms with E-state index in [4.69, 9.17) is 0 Å². The van der Waals surface area contributed by atoms with E-state index in [9.17, 15) is 8.42 Å². The Morgan fingerprint density at radius 1 is 1.28 bits per heavy atom. The van der Waals surface area contributed by atoms with Crippen molar-refractivity contribution in [2.45, 2.75) is 17.1 Å². The van der Waals surface area contributed by atoms with Crippen molar-refractivity contribution in [1.29, 1.82) is 0 Å². The second kappa shape index (κ2) is 6.45. The van der Waals surface area contributed by atoms with Gasteiger partial charge in [0.1, 0.15) is 0 Å². The average molecular weight is 288 g/mol. The molecule has 0 bridgehead atoms. The van der Waals surface area contributed by atoms with Crippen LogP contribution in [0.15, 0.2) is 29.2 Å². The minimum Gasteiger partial charge on any atom is -0.384 e. The zero-order valence-corrected chi connectivity index (χ0v) is 12.8. The second-order valence-electron chi connectivity index (χ2n) is 4.24. The number of anilines is 1. The average Bonchev–Trinajstić information content (AvgIpc) is 2.36. The van der Waals surface area contributed by atoms with Crippen LogP contribution < -0.4 is 5.32 Å². The van der Waals surface area contributed by atoms with Gasteiger partial charge in [0.15, 0.2) is 0 Å². The van der Waals surface area contributed by atoms with Gasteiger partial charge in [-0.25, -0.2) is 12.7 Å². The fourth-order valence-electron chi connectivity index (χ4n) is 1.30. The summed E-state index contributed by atoms with van der Waals surface area (Å²) in [6.45, 7) is 3.00. The summed E-state index contributed by atoms with van der Waals surface area (Å²) < 4.78 is 24.9. The monoisotopic (exact) mass is 288 g/mol. The van der Waals surface area contributed by atoms with E-state index in [1.54, 1.807) is 36.0 Å². The molecule has 0 heterocycles. The Balaban J connectivity index is 2.75. The molecule has 1 aromatic carbocycles. The molecule has 0 saturated heterocycles. The summed E-state index contributed by atoms with van der Waals surface area (Å²) in [4.78, 5) is 0.316. The van der Waals surface area contributed by atoms with E-state index in [1.165, 1.54) is 18.4 Å². The topological polar surface area (TPSA) is 49.4 Å². The highest BCUT2D eigenvalue weighted by molar-refractivity contribution is 7.99. The Morgan fingerprint density at radius 3 is 2.28 bits per heavy atom. The lowest BCUT2D eigenvalue weighted by atomic mass is 10.3. The molecule has 102 valence electrons. The van der Waals surface area contributed by atoms with Gasteiger partial charge in [0.25, 0.3) is 0 Å². The summed E-state index contributed by atoms with van der Waals surface area (Å²) in [5.74, 6) is 0. The molecule has 0 radical (unpaired) electrons. The maximum absolute atomic E-state index is 11.9. The van der Waals surface area contributed by atoms with Crippen molar-refractivity contribution in [3.63, 3.8) is 0 Å². The van der Waals surface area contributed by atoms with Crippen LogP contribution in [0, 0.1) is 0 Å². The number of nitrogens with zero attached hydrogens (tertiary/aromatic N) is 1. The van der Waals surface area contributed by atoms with Crippen molar-refractivity contribution >= 4 is 27.5 Å². The molecule has 0 aliphatic carbocycles. The van der Waals surface area contributed by atoms with Crippen LogP contribution in [-0.4, -0.2) is 44.9 Å². The summed E-state index contributed by atoms with van der Waals surface area (Å²) in [5, 5.41) is 3.80. The number of rotatable bonds is 6. The van der Waals surface area contributed by atoms with Gasteiger partial charge in [0.2, 0.25) is 10.0 Å². The van der Waals surface area contributed by atoms with Crippen LogP contribution in [0.5, 0.6) is 0 Å². The molecule has 4 nitrogen and oxygen atoms in total. The minimum absolute atomic E-state index is 0.316. The van der Waals surface area contributed by atoms with Crippen LogP contribution in [0.2, 0.25) is 0 Å². The first-order valence-corrected chi connectivity index (χ1v) is 8.40. The summed E-state index contributed by atoms with van der Waals surface area (Å²) in [7, 11) is -0.269. The number of benzene rings is 1. The number of sulfonamides is 1. The third-order valence-corrected chi connectivity index (χ3v) is 5.43. The van der Waals surface area contributed by atoms with Gasteiger partial charge in [-0.3, -0.25) is 0 Å². The molecule has 1 unspecified atom stereocenters. The van der Waals surface area contributed by atoms with E-state index >= 15 is 0 Å². The van der Waals surface area contributed by atoms with Crippen LogP contribution in [0.4, 0.5) is 5.69 Å². The summed E-state index contributed by atoms with van der Waals surface area (Å²) >= 11 is 1.79. The highest BCUT2D eigenvalue weighted by atomic mass is 32.2. The zero-order chi connectivity index (χ0) is 13.8. The maximum Gasteiger partial charge on any atom is 0.242 e. The third-order valence-electron chi connectivity index (χ3n) is 2.63. The van der Waals surface area contributed by atoms with Crippen LogP contribution in [0.3, 0.4) is 0 Å². The van der Waals surface area contributed by atoms with Crippen LogP contribution in [0.25, 0.3) is 0 Å². The van der Waals surface area contributed by atoms with Gasteiger partial charge in [-0.2, -0.15) is 11.8 Å². The molecule has 0 aliphatic heterocycles. The van der Waals surface area contributed by atoms with Crippen LogP contribution in [-0.2, 0) is 10.0 Å². The zero-order valence-electron chi connectivity index (χ0n) is 11.2. The maximum atomic E-state index is 11.9. The first-order chi connectivity index (χ1) is 8.37. The quantitative estimate of drug-likeness (QED) is 0.871. The minimum atomic E-state index is -3.33. The number of hydrogen-bond donors (Lipinski definition) is 1. The molecule has 0 amide bonds. The predicted molar refractivity (Wildman–Crippen MR) is 78.8 cm³/mol. The summed E-state index contributed by atoms with van der Waals surface area (Å²) in [6, 6.07) is 6.84. The van der Waals surface area contributed by atoms with Crippen molar-refractivity contribution < 1.29 is 8.42 Å². The molecule has 18 heavy (non-hydrogen) atoms. The molecular weight excluding hydrogens is 268 g/mol. The number of nitrogens with one attached hydrogen (secondary N) is 1. The largest absolute Gasteiger partial charge is 0.384 e. The Kier molecular flexibility index (Phi) is 5.49. The van der Waals surface area contributed by atoms with Gasteiger partial charge in [-0.05, 0) is 30.5 Å². The van der Waals surface area contributed by atoms with E-state index in [-0.39, 0.29) is 0 Å². The van der Waals surface area contributed by atoms with Gasteiger partial charge in [0.05, 0.1) is 4.90 Å². The smallest absolute Gasteiger partial charge is 0.242 e. The second-order valence-corrected chi connectivity index (χ2v) is 7.67. The van der Waals surface area contributed by atoms with Gasteiger partial charge in [-0.1, -0.05) is 6.92 Å². The predicted octanol–water partition coefficient (Wildman–Crippen LogP) is 2.10. The molecule has 0 fully saturated rings. The molecule has 0 spiro atoms. The lowest BCUT2D eigenvalue weighted by molar-refractivity contribution is 0.521. The Bertz CT molecular complexity index is 469. The molecule has 1 rings (SSSR count). The van der Waals surface area contributed by atoms with E-state index in [2.05, 4.69) is 18.5 Å². The first kappa shape index (κ1) is 15.3. The lowest BCUT2D eigenvalue weighted by Gasteiger charge is -2.13. The van der Waals surface area contributed by atoms with Gasteiger partial charge in [-0.15, -0.1) is 0 Å². The highest BCUT2D eigenvalue weighted by Crippen LogP contribution is 2.17. The van der Waals surface area contributed by atoms with Gasteiger partial charge >= 0.3 is 0 Å². The van der Waals surface area contributed by atoms with Crippen molar-refractivity contribution in [2.75, 3.05) is 32.2 Å². The van der Waals surface area contributed by atoms with Crippen molar-refractivity contribution in [2.24, 2.45) is 0 Å². The fourth-order valence-corrected chi connectivity index (χ4v) is 2.45. The van der Waals surface area contributed by atoms with Crippen molar-refractivity contribution in [3.05, 3.63) is 24.3 Å². The van der Waals surface area contributed by atoms with E-state index < -0.39 is 10.0 Å². The summed E-state index contributed by atoms with van der Waals surface area (Å²) in [6.07, 6.45) is 2.07. The first-order valence-electron chi connectivity index (χ1n) is 5.67. The number of hydrogen-bond acceptors (Lipinski definition) is 4. The normalized spacial score (nSPS) is 13.6.